The van der Waals surface area contributed by atoms with Gasteiger partial charge in [-0.05, 0) is 30.7 Å². The number of benzene rings is 1. The van der Waals surface area contributed by atoms with Crippen LogP contribution in [0.1, 0.15) is 12.0 Å². The smallest absolute Gasteiger partial charge is 0.295 e. The van der Waals surface area contributed by atoms with E-state index in [1.807, 2.05) is 6.92 Å². The summed E-state index contributed by atoms with van der Waals surface area (Å²) in [6, 6.07) is 5.99. The fraction of sp³-hybridized carbons (Fsp3) is 0.118. The van der Waals surface area contributed by atoms with Crippen LogP contribution in [-0.2, 0) is 19.7 Å². The van der Waals surface area contributed by atoms with E-state index in [1.54, 1.807) is 30.4 Å². The topological polar surface area (TPSA) is 137 Å². The highest BCUT2D eigenvalue weighted by atomic mass is 32.2. The molecule has 0 unspecified atom stereocenters. The summed E-state index contributed by atoms with van der Waals surface area (Å²) in [5.74, 6) is -0.786. The Hall–Kier alpha value is -3.13. The molecule has 0 bridgehead atoms. The van der Waals surface area contributed by atoms with E-state index < -0.39 is 16.0 Å². The van der Waals surface area contributed by atoms with Gasteiger partial charge in [0.25, 0.3) is 27.6 Å². The summed E-state index contributed by atoms with van der Waals surface area (Å²) < 4.78 is 29.6. The Bertz CT molecular complexity index is 995. The molecular formula is C17H15N3O5S. The molecule has 2 amide bonds. The number of nitrogens with zero attached hydrogens (tertiary/aromatic N) is 2. The maximum absolute atomic E-state index is 11.3. The average Bonchev–Trinajstić information content (AvgIpc) is 2.93. The van der Waals surface area contributed by atoms with Crippen LogP contribution < -0.4 is 5.32 Å². The number of carbonyl (C=O) groups is 2. The lowest BCUT2D eigenvalue weighted by Crippen LogP contribution is -2.22. The molecule has 1 heterocycles. The van der Waals surface area contributed by atoms with E-state index in [0.717, 1.165) is 5.56 Å². The summed E-state index contributed by atoms with van der Waals surface area (Å²) in [4.78, 5) is 25.2. The van der Waals surface area contributed by atoms with Gasteiger partial charge in [0.15, 0.2) is 0 Å². The molecule has 0 saturated heterocycles. The van der Waals surface area contributed by atoms with Crippen LogP contribution in [0.5, 0.6) is 0 Å². The fourth-order valence-electron chi connectivity index (χ4n) is 2.15. The van der Waals surface area contributed by atoms with Crippen molar-refractivity contribution in [3.05, 3.63) is 70.8 Å². The summed E-state index contributed by atoms with van der Waals surface area (Å²) in [6.45, 7) is 1.84. The molecule has 1 aliphatic heterocycles. The zero-order chi connectivity index (χ0) is 19.3. The molecule has 1 aliphatic carbocycles. The van der Waals surface area contributed by atoms with Gasteiger partial charge in [-0.2, -0.15) is 13.2 Å². The lowest BCUT2D eigenvalue weighted by molar-refractivity contribution is -0.123. The number of amides is 2. The highest BCUT2D eigenvalue weighted by Gasteiger charge is 2.24. The second-order valence-corrected chi connectivity index (χ2v) is 6.87. The van der Waals surface area contributed by atoms with Crippen molar-refractivity contribution in [3.63, 3.8) is 0 Å². The van der Waals surface area contributed by atoms with E-state index in [4.69, 9.17) is 10.1 Å². The van der Waals surface area contributed by atoms with Crippen LogP contribution in [0, 0.1) is 6.92 Å². The Morgan fingerprint density at radius 3 is 2.23 bits per heavy atom. The van der Waals surface area contributed by atoms with Crippen LogP contribution in [0.4, 0.5) is 0 Å². The van der Waals surface area contributed by atoms with E-state index in [-0.39, 0.29) is 10.8 Å². The van der Waals surface area contributed by atoms with Crippen molar-refractivity contribution < 1.29 is 27.3 Å². The Labute approximate surface area is 149 Å². The second-order valence-electron chi connectivity index (χ2n) is 5.45. The zero-order valence-electron chi connectivity index (χ0n) is 13.7. The minimum atomic E-state index is -4.02. The molecular weight excluding hydrogens is 358 g/mol. The Morgan fingerprint density at radius 2 is 1.81 bits per heavy atom. The van der Waals surface area contributed by atoms with Crippen LogP contribution in [0.3, 0.4) is 0 Å². The van der Waals surface area contributed by atoms with Gasteiger partial charge in [-0.25, -0.2) is 0 Å². The summed E-state index contributed by atoms with van der Waals surface area (Å²) in [6.07, 6.45) is 6.69. The van der Waals surface area contributed by atoms with E-state index in [9.17, 15) is 18.0 Å². The summed E-state index contributed by atoms with van der Waals surface area (Å²) >= 11 is 0. The predicted octanol–water partition coefficient (Wildman–Crippen LogP) is 1.37. The van der Waals surface area contributed by atoms with E-state index in [2.05, 4.69) is 10.1 Å². The molecule has 0 fully saturated rings. The first kappa shape index (κ1) is 19.2. The third kappa shape index (κ3) is 4.93. The molecule has 1 aromatic rings. The molecule has 8 nitrogen and oxygen atoms in total. The number of rotatable bonds is 2. The molecule has 0 spiro atoms. The largest absolute Gasteiger partial charge is 0.361 e. The number of aryl methyl sites for hydroxylation is 1. The van der Waals surface area contributed by atoms with E-state index >= 15 is 0 Å². The summed E-state index contributed by atoms with van der Waals surface area (Å²) in [7, 11) is -4.02. The number of hydrogen-bond donors (Lipinski definition) is 2. The Balaban J connectivity index is 0.000000197. The van der Waals surface area contributed by atoms with Gasteiger partial charge >= 0.3 is 0 Å². The van der Waals surface area contributed by atoms with Gasteiger partial charge in [-0.15, -0.1) is 0 Å². The van der Waals surface area contributed by atoms with Crippen molar-refractivity contribution in [3.8, 4) is 0 Å². The molecule has 2 N–H and O–H groups in total. The normalized spacial score (nSPS) is 16.2. The number of carbonyl (C=O) groups excluding carboxylic acids is 2. The van der Waals surface area contributed by atoms with Crippen molar-refractivity contribution in [2.45, 2.75) is 18.2 Å². The van der Waals surface area contributed by atoms with Crippen molar-refractivity contribution in [2.75, 3.05) is 0 Å². The minimum absolute atomic E-state index is 0.0666. The first-order valence-electron chi connectivity index (χ1n) is 7.41. The van der Waals surface area contributed by atoms with Gasteiger partial charge in [0.2, 0.25) is 0 Å². The standard InChI is InChI=1S/C10H7N3O2.C7H8O3S/c11-13-7-3-1-6(2-4-7)8-5-9(14)12-10(8)15;1-6-2-4-7(5-3-6)11(8,9)10/h1-3,5H,4H2,(H,12,14,15);2-5H,1H3,(H,8,9,10). The van der Waals surface area contributed by atoms with Crippen molar-refractivity contribution in [1.29, 1.82) is 0 Å². The fourth-order valence-corrected chi connectivity index (χ4v) is 2.63. The summed E-state index contributed by atoms with van der Waals surface area (Å²) in [5, 5.41) is 2.16. The van der Waals surface area contributed by atoms with Crippen molar-refractivity contribution in [2.24, 2.45) is 0 Å². The molecule has 3 rings (SSSR count). The lowest BCUT2D eigenvalue weighted by atomic mass is 9.99. The maximum atomic E-state index is 11.3. The molecule has 26 heavy (non-hydrogen) atoms. The first-order valence-corrected chi connectivity index (χ1v) is 8.85. The molecule has 134 valence electrons. The number of nitrogens with one attached hydrogen (secondary N) is 1. The molecule has 9 heteroatoms. The predicted molar refractivity (Wildman–Crippen MR) is 92.7 cm³/mol. The summed E-state index contributed by atoms with van der Waals surface area (Å²) in [5.41, 5.74) is 11.0. The van der Waals surface area contributed by atoms with Crippen LogP contribution in [0.2, 0.25) is 0 Å². The highest BCUT2D eigenvalue weighted by Crippen LogP contribution is 2.19. The van der Waals surface area contributed by atoms with Gasteiger partial charge in [-0.3, -0.25) is 19.5 Å². The van der Waals surface area contributed by atoms with E-state index in [1.165, 1.54) is 18.2 Å². The molecule has 0 atom stereocenters. The van der Waals surface area contributed by atoms with Crippen LogP contribution >= 0.6 is 0 Å². The third-order valence-electron chi connectivity index (χ3n) is 3.50. The number of allylic oxidation sites excluding steroid dienone is 3. The van der Waals surface area contributed by atoms with E-state index in [0.29, 0.717) is 23.3 Å². The number of hydrogen-bond acceptors (Lipinski definition) is 4. The molecule has 0 radical (unpaired) electrons. The van der Waals surface area contributed by atoms with Gasteiger partial charge in [0.05, 0.1) is 16.9 Å². The lowest BCUT2D eigenvalue weighted by Gasteiger charge is -2.03. The first-order chi connectivity index (χ1) is 12.2. The van der Waals surface area contributed by atoms with Gasteiger partial charge in [0, 0.05) is 12.2 Å². The van der Waals surface area contributed by atoms with Gasteiger partial charge in [0.1, 0.15) is 0 Å². The van der Waals surface area contributed by atoms with Crippen molar-refractivity contribution >= 4 is 27.6 Å². The molecule has 1 aromatic carbocycles. The molecule has 2 aliphatic rings. The van der Waals surface area contributed by atoms with Crippen LogP contribution in [0.15, 0.2) is 64.6 Å². The highest BCUT2D eigenvalue weighted by molar-refractivity contribution is 7.85. The maximum Gasteiger partial charge on any atom is 0.295 e. The second kappa shape index (κ2) is 7.83. The third-order valence-corrected chi connectivity index (χ3v) is 4.37. The Kier molecular flexibility index (Phi) is 5.78. The Morgan fingerprint density at radius 1 is 1.15 bits per heavy atom. The molecule has 0 saturated carbocycles. The zero-order valence-corrected chi connectivity index (χ0v) is 14.5. The van der Waals surface area contributed by atoms with Crippen LogP contribution in [0.25, 0.3) is 5.53 Å². The minimum Gasteiger partial charge on any atom is -0.361 e. The number of imide groups is 1. The SMILES string of the molecule is Cc1ccc(S(=O)(=O)O)cc1.[N-]=[N+]=C1C=CC(C2=CC(=O)NC2=O)=CC1. The van der Waals surface area contributed by atoms with Gasteiger partial charge in [-0.1, -0.05) is 23.8 Å². The monoisotopic (exact) mass is 373 g/mol. The van der Waals surface area contributed by atoms with Gasteiger partial charge < -0.3 is 5.53 Å². The molecule has 0 aromatic heterocycles. The van der Waals surface area contributed by atoms with Crippen molar-refractivity contribution in [1.82, 2.24) is 5.32 Å². The average molecular weight is 373 g/mol. The quantitative estimate of drug-likeness (QED) is 0.349. The van der Waals surface area contributed by atoms with Crippen LogP contribution in [-0.4, -0.2) is 35.3 Å².